The van der Waals surface area contributed by atoms with E-state index in [1.807, 2.05) is 25.1 Å². The second-order valence-corrected chi connectivity index (χ2v) is 14.6. The van der Waals surface area contributed by atoms with Gasteiger partial charge in [0.15, 0.2) is 0 Å². The Balaban J connectivity index is 1.28. The lowest BCUT2D eigenvalue weighted by atomic mass is 9.95. The number of thiazole rings is 1. The fourth-order valence-electron chi connectivity index (χ4n) is 5.47. The standard InChI is InChI=1S/C26H33N3O4S3/c1-2-29(21-8-4-3-5-9-21)36(32,33)23-14-12-22(13-15-23)35(30,31)28-18-16-20(17-19-28)26-27-24-10-6-7-11-25(24)34-26/h6-7,10-15,20-21H,2-5,8-9,16-19H2,1H3. The van der Waals surface area contributed by atoms with E-state index in [1.54, 1.807) is 15.6 Å². The summed E-state index contributed by atoms with van der Waals surface area (Å²) in [6.45, 7) is 3.13. The van der Waals surface area contributed by atoms with Crippen molar-refractivity contribution in [2.24, 2.45) is 0 Å². The highest BCUT2D eigenvalue weighted by Gasteiger charge is 2.33. The van der Waals surface area contributed by atoms with E-state index in [-0.39, 0.29) is 21.8 Å². The Hall–Kier alpha value is -1.85. The molecule has 1 aliphatic heterocycles. The molecule has 1 saturated heterocycles. The molecule has 5 rings (SSSR count). The number of nitrogens with zero attached hydrogens (tertiary/aromatic N) is 3. The van der Waals surface area contributed by atoms with Crippen molar-refractivity contribution < 1.29 is 16.8 Å². The average molecular weight is 548 g/mol. The Kier molecular flexibility index (Phi) is 7.51. The molecule has 1 aromatic heterocycles. The predicted octanol–water partition coefficient (Wildman–Crippen LogP) is 5.21. The molecule has 0 N–H and O–H groups in total. The van der Waals surface area contributed by atoms with Crippen LogP contribution in [0.1, 0.15) is 62.8 Å². The third kappa shape index (κ3) is 4.98. The molecule has 2 fully saturated rings. The van der Waals surface area contributed by atoms with Crippen molar-refractivity contribution in [1.29, 1.82) is 0 Å². The Bertz CT molecular complexity index is 1370. The first-order valence-corrected chi connectivity index (χ1v) is 16.5. The summed E-state index contributed by atoms with van der Waals surface area (Å²) >= 11 is 1.69. The minimum atomic E-state index is -3.69. The van der Waals surface area contributed by atoms with Crippen LogP contribution in [0, 0.1) is 0 Å². The molecular formula is C26H33N3O4S3. The zero-order chi connectivity index (χ0) is 25.3. The van der Waals surface area contributed by atoms with Crippen molar-refractivity contribution in [3.05, 3.63) is 53.5 Å². The van der Waals surface area contributed by atoms with Crippen LogP contribution in [0.3, 0.4) is 0 Å². The third-order valence-corrected chi connectivity index (χ3v) is 12.6. The molecule has 3 aromatic rings. The maximum Gasteiger partial charge on any atom is 0.243 e. The monoisotopic (exact) mass is 547 g/mol. The molecule has 1 saturated carbocycles. The van der Waals surface area contributed by atoms with Gasteiger partial charge in [0.1, 0.15) is 0 Å². The topological polar surface area (TPSA) is 87.7 Å². The number of hydrogen-bond acceptors (Lipinski definition) is 6. The molecule has 0 radical (unpaired) electrons. The second-order valence-electron chi connectivity index (χ2n) is 9.67. The molecule has 36 heavy (non-hydrogen) atoms. The lowest BCUT2D eigenvalue weighted by molar-refractivity contribution is 0.261. The van der Waals surface area contributed by atoms with E-state index in [1.165, 1.54) is 28.6 Å². The number of rotatable bonds is 7. The summed E-state index contributed by atoms with van der Waals surface area (Å²) in [4.78, 5) is 5.05. The van der Waals surface area contributed by atoms with Gasteiger partial charge in [-0.1, -0.05) is 38.3 Å². The van der Waals surface area contributed by atoms with Gasteiger partial charge in [-0.25, -0.2) is 21.8 Å². The van der Waals surface area contributed by atoms with Gasteiger partial charge in [0.05, 0.1) is 25.0 Å². The van der Waals surface area contributed by atoms with Gasteiger partial charge in [0.2, 0.25) is 20.0 Å². The largest absolute Gasteiger partial charge is 0.243 e. The molecule has 1 aliphatic carbocycles. The Morgan fingerprint density at radius 2 is 1.53 bits per heavy atom. The smallest absolute Gasteiger partial charge is 0.241 e. The van der Waals surface area contributed by atoms with Crippen LogP contribution >= 0.6 is 11.3 Å². The first-order chi connectivity index (χ1) is 17.3. The number of aromatic nitrogens is 1. The van der Waals surface area contributed by atoms with E-state index in [0.29, 0.717) is 19.6 Å². The van der Waals surface area contributed by atoms with Gasteiger partial charge in [0, 0.05) is 31.6 Å². The van der Waals surface area contributed by atoms with Gasteiger partial charge >= 0.3 is 0 Å². The maximum atomic E-state index is 13.3. The summed E-state index contributed by atoms with van der Waals surface area (Å²) in [5.74, 6) is 0.251. The fraction of sp³-hybridized carbons (Fsp3) is 0.500. The number of piperidine rings is 1. The Morgan fingerprint density at radius 3 is 2.17 bits per heavy atom. The minimum absolute atomic E-state index is 0.0221. The normalized spacial score (nSPS) is 19.3. The number of hydrogen-bond donors (Lipinski definition) is 0. The molecule has 0 amide bonds. The first-order valence-electron chi connectivity index (χ1n) is 12.8. The zero-order valence-corrected chi connectivity index (χ0v) is 23.0. The number of benzene rings is 2. The van der Waals surface area contributed by atoms with Crippen LogP contribution in [-0.2, 0) is 20.0 Å². The van der Waals surface area contributed by atoms with E-state index >= 15 is 0 Å². The quantitative estimate of drug-likeness (QED) is 0.405. The fourth-order valence-corrected chi connectivity index (χ4v) is 9.77. The summed E-state index contributed by atoms with van der Waals surface area (Å²) < 4.78 is 57.5. The van der Waals surface area contributed by atoms with Crippen molar-refractivity contribution in [3.63, 3.8) is 0 Å². The summed E-state index contributed by atoms with van der Waals surface area (Å²) in [7, 11) is -7.36. The van der Waals surface area contributed by atoms with E-state index in [9.17, 15) is 16.8 Å². The summed E-state index contributed by atoms with van der Waals surface area (Å²) in [5.41, 5.74) is 0.993. The highest BCUT2D eigenvalue weighted by molar-refractivity contribution is 7.89. The lowest BCUT2D eigenvalue weighted by Gasteiger charge is -2.32. The average Bonchev–Trinajstić information content (AvgIpc) is 3.34. The molecule has 7 nitrogen and oxygen atoms in total. The van der Waals surface area contributed by atoms with Gasteiger partial charge in [-0.15, -0.1) is 11.3 Å². The molecule has 194 valence electrons. The summed E-state index contributed by atoms with van der Waals surface area (Å²) in [5, 5.41) is 1.07. The molecule has 2 aromatic carbocycles. The van der Waals surface area contributed by atoms with Gasteiger partial charge < -0.3 is 0 Å². The molecule has 0 bridgehead atoms. The van der Waals surface area contributed by atoms with Crippen LogP contribution in [0.2, 0.25) is 0 Å². The Morgan fingerprint density at radius 1 is 0.889 bits per heavy atom. The zero-order valence-electron chi connectivity index (χ0n) is 20.5. The first kappa shape index (κ1) is 25.8. The molecule has 2 aliphatic rings. The van der Waals surface area contributed by atoms with Crippen molar-refractivity contribution in [1.82, 2.24) is 13.6 Å². The minimum Gasteiger partial charge on any atom is -0.241 e. The maximum absolute atomic E-state index is 13.3. The van der Waals surface area contributed by atoms with Crippen LogP contribution in [0.5, 0.6) is 0 Å². The van der Waals surface area contributed by atoms with Gasteiger partial charge in [-0.05, 0) is 62.1 Å². The van der Waals surface area contributed by atoms with E-state index in [0.717, 1.165) is 60.2 Å². The van der Waals surface area contributed by atoms with Gasteiger partial charge in [-0.3, -0.25) is 0 Å². The van der Waals surface area contributed by atoms with Crippen LogP contribution in [-0.4, -0.2) is 56.1 Å². The number of para-hydroxylation sites is 1. The van der Waals surface area contributed by atoms with Crippen LogP contribution < -0.4 is 0 Å². The van der Waals surface area contributed by atoms with Crippen molar-refractivity contribution in [3.8, 4) is 0 Å². The molecule has 0 spiro atoms. The highest BCUT2D eigenvalue weighted by atomic mass is 32.2. The van der Waals surface area contributed by atoms with Gasteiger partial charge in [-0.2, -0.15) is 8.61 Å². The summed E-state index contributed by atoms with van der Waals surface area (Å²) in [6, 6.07) is 13.9. The third-order valence-electron chi connectivity index (χ3n) is 7.48. The molecule has 2 heterocycles. The highest BCUT2D eigenvalue weighted by Crippen LogP contribution is 2.35. The Labute approximate surface area is 218 Å². The predicted molar refractivity (Wildman–Crippen MR) is 143 cm³/mol. The molecular weight excluding hydrogens is 515 g/mol. The molecule has 0 unspecified atom stereocenters. The van der Waals surface area contributed by atoms with Crippen molar-refractivity contribution in [2.45, 2.75) is 73.6 Å². The van der Waals surface area contributed by atoms with Gasteiger partial charge in [0.25, 0.3) is 0 Å². The van der Waals surface area contributed by atoms with Crippen molar-refractivity contribution in [2.75, 3.05) is 19.6 Å². The summed E-state index contributed by atoms with van der Waals surface area (Å²) in [6.07, 6.45) is 6.45. The van der Waals surface area contributed by atoms with E-state index < -0.39 is 20.0 Å². The molecule has 10 heteroatoms. The van der Waals surface area contributed by atoms with Crippen molar-refractivity contribution >= 4 is 41.6 Å². The SMILES string of the molecule is CCN(C1CCCCC1)S(=O)(=O)c1ccc(S(=O)(=O)N2CCC(c3nc4ccccc4s3)CC2)cc1. The van der Waals surface area contributed by atoms with Crippen LogP contribution in [0.25, 0.3) is 10.2 Å². The van der Waals surface area contributed by atoms with E-state index in [2.05, 4.69) is 6.07 Å². The van der Waals surface area contributed by atoms with E-state index in [4.69, 9.17) is 4.98 Å². The lowest BCUT2D eigenvalue weighted by Crippen LogP contribution is -2.41. The number of sulfonamides is 2. The second kappa shape index (κ2) is 10.5. The van der Waals surface area contributed by atoms with Crippen LogP contribution in [0.4, 0.5) is 0 Å². The molecule has 0 atom stereocenters. The van der Waals surface area contributed by atoms with Crippen LogP contribution in [0.15, 0.2) is 58.3 Å². The number of fused-ring (bicyclic) bond motifs is 1.